The Kier molecular flexibility index (Phi) is 8.09. The van der Waals surface area contributed by atoms with E-state index >= 15 is 0 Å². The number of anilines is 1. The van der Waals surface area contributed by atoms with Crippen LogP contribution >= 0.6 is 11.6 Å². The molecule has 0 saturated carbocycles. The lowest BCUT2D eigenvalue weighted by molar-refractivity contribution is 0.412. The molecule has 1 aromatic carbocycles. The Hall–Kier alpha value is -0.770. The molecule has 0 aromatic heterocycles. The van der Waals surface area contributed by atoms with Crippen LogP contribution in [0, 0.1) is 0 Å². The molecule has 0 spiro atoms. The summed E-state index contributed by atoms with van der Waals surface area (Å²) in [5, 5.41) is 4.30. The molecule has 0 unspecified atom stereocenters. The Morgan fingerprint density at radius 3 is 2.43 bits per heavy atom. The summed E-state index contributed by atoms with van der Waals surface area (Å²) in [7, 11) is 4.24. The van der Waals surface area contributed by atoms with Gasteiger partial charge in [-0.15, -0.1) is 0 Å². The van der Waals surface area contributed by atoms with Gasteiger partial charge in [-0.3, -0.25) is 0 Å². The lowest BCUT2D eigenvalue weighted by Crippen LogP contribution is -2.33. The van der Waals surface area contributed by atoms with Crippen LogP contribution in [-0.2, 0) is 6.54 Å². The minimum atomic E-state index is 0.471. The van der Waals surface area contributed by atoms with Gasteiger partial charge in [-0.25, -0.2) is 0 Å². The average Bonchev–Trinajstić information content (AvgIpc) is 2.41. The predicted molar refractivity (Wildman–Crippen MR) is 94.5 cm³/mol. The van der Waals surface area contributed by atoms with E-state index in [2.05, 4.69) is 62.1 Å². The fourth-order valence-electron chi connectivity index (χ4n) is 2.26. The molecule has 0 fully saturated rings. The monoisotopic (exact) mass is 311 g/mol. The van der Waals surface area contributed by atoms with Crippen molar-refractivity contribution in [3.63, 3.8) is 0 Å². The molecular weight excluding hydrogens is 282 g/mol. The van der Waals surface area contributed by atoms with Crippen molar-refractivity contribution in [3.8, 4) is 0 Å². The third kappa shape index (κ3) is 6.68. The van der Waals surface area contributed by atoms with Gasteiger partial charge in [0.15, 0.2) is 0 Å². The second-order valence-corrected chi connectivity index (χ2v) is 6.54. The first-order chi connectivity index (χ1) is 9.93. The van der Waals surface area contributed by atoms with E-state index in [0.717, 1.165) is 37.6 Å². The molecule has 1 aromatic rings. The quantitative estimate of drug-likeness (QED) is 0.751. The van der Waals surface area contributed by atoms with Crippen LogP contribution < -0.4 is 10.2 Å². The molecule has 0 atom stereocenters. The normalized spacial score (nSPS) is 11.4. The number of halogens is 1. The molecule has 1 N–H and O–H groups in total. The third-order valence-corrected chi connectivity index (χ3v) is 3.63. The molecule has 1 rings (SSSR count). The molecule has 0 bridgehead atoms. The van der Waals surface area contributed by atoms with Crippen molar-refractivity contribution in [2.75, 3.05) is 38.6 Å². The number of rotatable bonds is 9. The van der Waals surface area contributed by atoms with E-state index in [-0.39, 0.29) is 0 Å². The topological polar surface area (TPSA) is 18.5 Å². The van der Waals surface area contributed by atoms with E-state index in [1.807, 2.05) is 6.07 Å². The SMILES string of the molecule is CCCN(CCN(C)C)c1ccc(Cl)cc1CNC(C)C. The van der Waals surface area contributed by atoms with Crippen LogP contribution in [0.2, 0.25) is 5.02 Å². The standard InChI is InChI=1S/C17H30ClN3/c1-6-9-21(11-10-20(4)5)17-8-7-16(18)12-15(17)13-19-14(2)3/h7-8,12,14,19H,6,9-11,13H2,1-5H3. The Balaban J connectivity index is 2.93. The number of likely N-dealkylation sites (N-methyl/N-ethyl adjacent to an activating group) is 1. The average molecular weight is 312 g/mol. The highest BCUT2D eigenvalue weighted by Crippen LogP contribution is 2.25. The number of hydrogen-bond donors (Lipinski definition) is 1. The summed E-state index contributed by atoms with van der Waals surface area (Å²) in [5.41, 5.74) is 2.58. The van der Waals surface area contributed by atoms with Gasteiger partial charge in [-0.05, 0) is 44.3 Å². The molecule has 21 heavy (non-hydrogen) atoms. The van der Waals surface area contributed by atoms with Crippen LogP contribution in [0.5, 0.6) is 0 Å². The zero-order valence-corrected chi connectivity index (χ0v) is 14.9. The van der Waals surface area contributed by atoms with Crippen LogP contribution in [0.25, 0.3) is 0 Å². The molecule has 0 amide bonds. The van der Waals surface area contributed by atoms with Gasteiger partial charge in [-0.2, -0.15) is 0 Å². The van der Waals surface area contributed by atoms with E-state index in [0.29, 0.717) is 6.04 Å². The van der Waals surface area contributed by atoms with Crippen molar-refractivity contribution in [2.45, 2.75) is 39.8 Å². The smallest absolute Gasteiger partial charge is 0.0413 e. The summed E-state index contributed by atoms with van der Waals surface area (Å²) < 4.78 is 0. The van der Waals surface area contributed by atoms with E-state index in [1.54, 1.807) is 0 Å². The summed E-state index contributed by atoms with van der Waals surface area (Å²) in [6.07, 6.45) is 1.15. The van der Waals surface area contributed by atoms with Gasteiger partial charge in [0.2, 0.25) is 0 Å². The molecule has 0 saturated heterocycles. The highest BCUT2D eigenvalue weighted by molar-refractivity contribution is 6.30. The summed E-state index contributed by atoms with van der Waals surface area (Å²) in [6, 6.07) is 6.71. The van der Waals surface area contributed by atoms with Crippen molar-refractivity contribution in [1.82, 2.24) is 10.2 Å². The minimum Gasteiger partial charge on any atom is -0.370 e. The van der Waals surface area contributed by atoms with Gasteiger partial charge in [0, 0.05) is 42.9 Å². The third-order valence-electron chi connectivity index (χ3n) is 3.39. The summed E-state index contributed by atoms with van der Waals surface area (Å²) in [4.78, 5) is 4.69. The lowest BCUT2D eigenvalue weighted by atomic mass is 10.1. The Morgan fingerprint density at radius 1 is 1.14 bits per heavy atom. The number of nitrogens with zero attached hydrogens (tertiary/aromatic N) is 2. The van der Waals surface area contributed by atoms with Crippen LogP contribution in [0.3, 0.4) is 0 Å². The van der Waals surface area contributed by atoms with Gasteiger partial charge in [0.1, 0.15) is 0 Å². The van der Waals surface area contributed by atoms with E-state index in [9.17, 15) is 0 Å². The molecule has 4 heteroatoms. The van der Waals surface area contributed by atoms with Crippen LogP contribution in [0.15, 0.2) is 18.2 Å². The summed E-state index contributed by atoms with van der Waals surface area (Å²) in [6.45, 7) is 10.6. The van der Waals surface area contributed by atoms with Crippen LogP contribution in [-0.4, -0.2) is 44.7 Å². The highest BCUT2D eigenvalue weighted by Gasteiger charge is 2.12. The zero-order chi connectivity index (χ0) is 15.8. The molecule has 0 radical (unpaired) electrons. The number of nitrogens with one attached hydrogen (secondary N) is 1. The highest BCUT2D eigenvalue weighted by atomic mass is 35.5. The first-order valence-corrected chi connectivity index (χ1v) is 8.23. The molecule has 0 aliphatic heterocycles. The fraction of sp³-hybridized carbons (Fsp3) is 0.647. The summed E-state index contributed by atoms with van der Waals surface area (Å²) >= 11 is 6.19. The van der Waals surface area contributed by atoms with E-state index in [1.165, 1.54) is 11.3 Å². The van der Waals surface area contributed by atoms with Crippen molar-refractivity contribution in [3.05, 3.63) is 28.8 Å². The summed E-state index contributed by atoms with van der Waals surface area (Å²) in [5.74, 6) is 0. The van der Waals surface area contributed by atoms with Crippen molar-refractivity contribution in [1.29, 1.82) is 0 Å². The van der Waals surface area contributed by atoms with Gasteiger partial charge in [-0.1, -0.05) is 32.4 Å². The minimum absolute atomic E-state index is 0.471. The number of benzene rings is 1. The van der Waals surface area contributed by atoms with Gasteiger partial charge in [0.25, 0.3) is 0 Å². The van der Waals surface area contributed by atoms with Gasteiger partial charge in [0.05, 0.1) is 0 Å². The van der Waals surface area contributed by atoms with Crippen molar-refractivity contribution >= 4 is 17.3 Å². The van der Waals surface area contributed by atoms with Gasteiger partial charge >= 0.3 is 0 Å². The maximum absolute atomic E-state index is 6.19. The Morgan fingerprint density at radius 2 is 1.86 bits per heavy atom. The van der Waals surface area contributed by atoms with Crippen LogP contribution in [0.4, 0.5) is 5.69 Å². The Labute approximate surface area is 135 Å². The predicted octanol–water partition coefficient (Wildman–Crippen LogP) is 3.62. The molecule has 3 nitrogen and oxygen atoms in total. The fourth-order valence-corrected chi connectivity index (χ4v) is 2.46. The maximum Gasteiger partial charge on any atom is 0.0413 e. The van der Waals surface area contributed by atoms with Crippen LogP contribution in [0.1, 0.15) is 32.8 Å². The molecule has 0 aliphatic carbocycles. The van der Waals surface area contributed by atoms with Crippen molar-refractivity contribution in [2.24, 2.45) is 0 Å². The first kappa shape index (κ1) is 18.3. The molecule has 0 aliphatic rings. The van der Waals surface area contributed by atoms with E-state index < -0.39 is 0 Å². The Bertz CT molecular complexity index is 418. The second-order valence-electron chi connectivity index (χ2n) is 6.10. The number of hydrogen-bond acceptors (Lipinski definition) is 3. The van der Waals surface area contributed by atoms with Crippen molar-refractivity contribution < 1.29 is 0 Å². The molecule has 0 heterocycles. The lowest BCUT2D eigenvalue weighted by Gasteiger charge is -2.28. The molecular formula is C17H30ClN3. The zero-order valence-electron chi connectivity index (χ0n) is 14.1. The maximum atomic E-state index is 6.19. The second kappa shape index (κ2) is 9.29. The van der Waals surface area contributed by atoms with E-state index in [4.69, 9.17) is 11.6 Å². The first-order valence-electron chi connectivity index (χ1n) is 7.85. The molecule has 120 valence electrons. The van der Waals surface area contributed by atoms with Gasteiger partial charge < -0.3 is 15.1 Å². The largest absolute Gasteiger partial charge is 0.370 e.